The van der Waals surface area contributed by atoms with Crippen LogP contribution in [0.2, 0.25) is 5.02 Å². The minimum atomic E-state index is -1.43. The van der Waals surface area contributed by atoms with Crippen LogP contribution in [0.5, 0.6) is 11.5 Å². The highest BCUT2D eigenvalue weighted by Crippen LogP contribution is 2.30. The van der Waals surface area contributed by atoms with Gasteiger partial charge in [-0.15, -0.1) is 11.8 Å². The molecule has 0 aliphatic rings. The summed E-state index contributed by atoms with van der Waals surface area (Å²) in [6.07, 6.45) is 0.375. The maximum atomic E-state index is 13.4. The Kier molecular flexibility index (Phi) is 6.01. The van der Waals surface area contributed by atoms with Gasteiger partial charge in [-0.25, -0.2) is 17.6 Å². The first-order valence-corrected chi connectivity index (χ1v) is 7.83. The molecule has 23 heavy (non-hydrogen) atoms. The molecule has 8 heteroatoms. The molecule has 2 aromatic carbocycles. The zero-order chi connectivity index (χ0) is 17.0. The van der Waals surface area contributed by atoms with Gasteiger partial charge in [0.2, 0.25) is 0 Å². The SMILES string of the molecule is Oc1ccc(OCCCSc2c(F)c(F)cc(F)c2F)cc1Cl. The van der Waals surface area contributed by atoms with E-state index in [1.807, 2.05) is 0 Å². The summed E-state index contributed by atoms with van der Waals surface area (Å²) < 4.78 is 58.3. The molecule has 0 aliphatic heterocycles. The maximum Gasteiger partial charge on any atom is 0.175 e. The van der Waals surface area contributed by atoms with Crippen LogP contribution in [0, 0.1) is 23.3 Å². The lowest BCUT2D eigenvalue weighted by molar-refractivity contribution is 0.318. The number of halogens is 5. The predicted octanol–water partition coefficient (Wildman–Crippen LogP) is 5.16. The van der Waals surface area contributed by atoms with Gasteiger partial charge in [0, 0.05) is 17.9 Å². The fraction of sp³-hybridized carbons (Fsp3) is 0.200. The Labute approximate surface area is 139 Å². The fourth-order valence-corrected chi connectivity index (χ4v) is 2.76. The topological polar surface area (TPSA) is 29.5 Å². The van der Waals surface area contributed by atoms with Gasteiger partial charge in [0.15, 0.2) is 23.3 Å². The Morgan fingerprint density at radius 3 is 2.30 bits per heavy atom. The van der Waals surface area contributed by atoms with Crippen molar-refractivity contribution in [1.29, 1.82) is 0 Å². The van der Waals surface area contributed by atoms with E-state index in [-0.39, 0.29) is 29.2 Å². The highest BCUT2D eigenvalue weighted by molar-refractivity contribution is 7.99. The van der Waals surface area contributed by atoms with Gasteiger partial charge in [-0.3, -0.25) is 0 Å². The van der Waals surface area contributed by atoms with E-state index < -0.39 is 28.2 Å². The molecule has 2 nitrogen and oxygen atoms in total. The van der Waals surface area contributed by atoms with Crippen molar-refractivity contribution in [1.82, 2.24) is 0 Å². The highest BCUT2D eigenvalue weighted by atomic mass is 35.5. The molecule has 1 N–H and O–H groups in total. The number of ether oxygens (including phenoxy) is 1. The third kappa shape index (κ3) is 4.45. The number of aromatic hydroxyl groups is 1. The van der Waals surface area contributed by atoms with Crippen molar-refractivity contribution in [3.8, 4) is 11.5 Å². The van der Waals surface area contributed by atoms with Gasteiger partial charge < -0.3 is 9.84 Å². The third-order valence-corrected chi connectivity index (χ3v) is 4.24. The van der Waals surface area contributed by atoms with E-state index in [0.29, 0.717) is 23.9 Å². The van der Waals surface area contributed by atoms with E-state index >= 15 is 0 Å². The minimum Gasteiger partial charge on any atom is -0.506 e. The summed E-state index contributed by atoms with van der Waals surface area (Å²) in [6.45, 7) is 0.204. The summed E-state index contributed by atoms with van der Waals surface area (Å²) in [5.74, 6) is -5.12. The van der Waals surface area contributed by atoms with Crippen LogP contribution in [0.3, 0.4) is 0 Å². The van der Waals surface area contributed by atoms with E-state index in [2.05, 4.69) is 0 Å². The Bertz CT molecular complexity index is 686. The van der Waals surface area contributed by atoms with Gasteiger partial charge in [-0.05, 0) is 18.6 Å². The van der Waals surface area contributed by atoms with Gasteiger partial charge in [-0.1, -0.05) is 11.6 Å². The van der Waals surface area contributed by atoms with E-state index in [0.717, 1.165) is 0 Å². The molecule has 0 saturated heterocycles. The largest absolute Gasteiger partial charge is 0.506 e. The van der Waals surface area contributed by atoms with Gasteiger partial charge in [-0.2, -0.15) is 0 Å². The summed E-state index contributed by atoms with van der Waals surface area (Å²) >= 11 is 6.38. The molecular formula is C15H11ClF4O2S. The monoisotopic (exact) mass is 366 g/mol. The van der Waals surface area contributed by atoms with Gasteiger partial charge in [0.25, 0.3) is 0 Å². The van der Waals surface area contributed by atoms with Crippen molar-refractivity contribution in [2.24, 2.45) is 0 Å². The van der Waals surface area contributed by atoms with Crippen molar-refractivity contribution in [2.45, 2.75) is 11.3 Å². The number of phenols is 1. The smallest absolute Gasteiger partial charge is 0.175 e. The zero-order valence-corrected chi connectivity index (χ0v) is 13.2. The molecule has 124 valence electrons. The second-order valence-electron chi connectivity index (χ2n) is 4.46. The van der Waals surface area contributed by atoms with Crippen LogP contribution in [-0.2, 0) is 0 Å². The zero-order valence-electron chi connectivity index (χ0n) is 11.6. The minimum absolute atomic E-state index is 0.0753. The van der Waals surface area contributed by atoms with Crippen LogP contribution in [-0.4, -0.2) is 17.5 Å². The number of thioether (sulfide) groups is 1. The van der Waals surface area contributed by atoms with Gasteiger partial charge in [0.1, 0.15) is 11.5 Å². The average Bonchev–Trinajstić information content (AvgIpc) is 2.51. The molecule has 0 saturated carbocycles. The molecule has 0 unspecified atom stereocenters. The Morgan fingerprint density at radius 2 is 1.70 bits per heavy atom. The van der Waals surface area contributed by atoms with Crippen LogP contribution in [0.15, 0.2) is 29.2 Å². The second-order valence-corrected chi connectivity index (χ2v) is 5.97. The number of phenolic OH excluding ortho intramolecular Hbond substituents is 1. The summed E-state index contributed by atoms with van der Waals surface area (Å²) in [7, 11) is 0. The standard InChI is InChI=1S/C15H11ClF4O2S/c16-9-6-8(2-3-12(9)21)22-4-1-5-23-15-13(19)10(17)7-11(18)14(15)20/h2-3,6-7,21H,1,4-5H2. The molecule has 2 aromatic rings. The van der Waals surface area contributed by atoms with Crippen molar-refractivity contribution >= 4 is 23.4 Å². The van der Waals surface area contributed by atoms with Gasteiger partial charge in [0.05, 0.1) is 16.5 Å². The number of benzene rings is 2. The Balaban J connectivity index is 1.85. The van der Waals surface area contributed by atoms with E-state index in [1.54, 1.807) is 0 Å². The summed E-state index contributed by atoms with van der Waals surface area (Å²) in [5, 5.41) is 9.39. The predicted molar refractivity (Wildman–Crippen MR) is 80.2 cm³/mol. The van der Waals surface area contributed by atoms with Crippen molar-refractivity contribution in [2.75, 3.05) is 12.4 Å². The maximum absolute atomic E-state index is 13.4. The van der Waals surface area contributed by atoms with Crippen LogP contribution in [0.4, 0.5) is 17.6 Å². The first kappa shape index (κ1) is 17.7. The molecule has 0 bridgehead atoms. The number of hydrogen-bond donors (Lipinski definition) is 1. The molecule has 0 atom stereocenters. The van der Waals surface area contributed by atoms with E-state index in [9.17, 15) is 22.7 Å². The van der Waals surface area contributed by atoms with Crippen LogP contribution in [0.25, 0.3) is 0 Å². The van der Waals surface area contributed by atoms with Crippen molar-refractivity contribution in [3.63, 3.8) is 0 Å². The molecule has 0 aliphatic carbocycles. The quantitative estimate of drug-likeness (QED) is 0.331. The molecule has 0 fully saturated rings. The van der Waals surface area contributed by atoms with E-state index in [1.165, 1.54) is 18.2 Å². The molecule has 0 spiro atoms. The summed E-state index contributed by atoms with van der Waals surface area (Å²) in [4.78, 5) is -0.685. The first-order chi connectivity index (χ1) is 10.9. The molecule has 0 amide bonds. The second kappa shape index (κ2) is 7.79. The molecule has 0 aromatic heterocycles. The average molecular weight is 367 g/mol. The highest BCUT2D eigenvalue weighted by Gasteiger charge is 2.19. The van der Waals surface area contributed by atoms with Crippen LogP contribution in [0.1, 0.15) is 6.42 Å². The first-order valence-electron chi connectivity index (χ1n) is 6.47. The summed E-state index contributed by atoms with van der Waals surface area (Å²) in [6, 6.07) is 4.47. The Hall–Kier alpha value is -1.60. The lowest BCUT2D eigenvalue weighted by Gasteiger charge is -2.08. The van der Waals surface area contributed by atoms with Crippen molar-refractivity contribution < 1.29 is 27.4 Å². The summed E-state index contributed by atoms with van der Waals surface area (Å²) in [5.41, 5.74) is 0. The Morgan fingerprint density at radius 1 is 1.04 bits per heavy atom. The van der Waals surface area contributed by atoms with Crippen LogP contribution >= 0.6 is 23.4 Å². The van der Waals surface area contributed by atoms with Crippen LogP contribution < -0.4 is 4.74 Å². The molecule has 0 radical (unpaired) electrons. The lowest BCUT2D eigenvalue weighted by atomic mass is 10.3. The van der Waals surface area contributed by atoms with Gasteiger partial charge >= 0.3 is 0 Å². The molecule has 2 rings (SSSR count). The third-order valence-electron chi connectivity index (χ3n) is 2.79. The number of hydrogen-bond acceptors (Lipinski definition) is 3. The van der Waals surface area contributed by atoms with E-state index in [4.69, 9.17) is 16.3 Å². The fourth-order valence-electron chi connectivity index (χ4n) is 1.68. The molecular weight excluding hydrogens is 356 g/mol. The lowest BCUT2D eigenvalue weighted by Crippen LogP contribution is -2.01. The normalized spacial score (nSPS) is 10.8. The van der Waals surface area contributed by atoms with Crippen molar-refractivity contribution in [3.05, 3.63) is 52.6 Å². The number of rotatable bonds is 6. The molecule has 0 heterocycles.